The molecule has 0 bridgehead atoms. The minimum Gasteiger partial charge on any atom is -0.307 e. The summed E-state index contributed by atoms with van der Waals surface area (Å²) in [5.74, 6) is 0. The molecule has 0 atom stereocenters. The van der Waals surface area contributed by atoms with E-state index in [0.717, 1.165) is 72.0 Å². The van der Waals surface area contributed by atoms with Crippen LogP contribution in [0.1, 0.15) is 0 Å². The van der Waals surface area contributed by atoms with Crippen molar-refractivity contribution in [2.24, 2.45) is 0 Å². The number of aromatic nitrogens is 5. The predicted molar refractivity (Wildman–Crippen MR) is 179 cm³/mol. The molecule has 0 N–H and O–H groups in total. The molecular weight excluding hydrogens is 538 g/mol. The molecule has 4 aromatic carbocycles. The first-order valence-corrected chi connectivity index (χ1v) is 14.7. The molecule has 0 aliphatic heterocycles. The number of para-hydroxylation sites is 2. The highest BCUT2D eigenvalue weighted by molar-refractivity contribution is 6.22. The van der Waals surface area contributed by atoms with Gasteiger partial charge < -0.3 is 9.13 Å². The van der Waals surface area contributed by atoms with Crippen LogP contribution in [-0.2, 0) is 0 Å². The van der Waals surface area contributed by atoms with Crippen molar-refractivity contribution in [1.29, 1.82) is 0 Å². The van der Waals surface area contributed by atoms with Crippen LogP contribution in [0.3, 0.4) is 0 Å². The molecule has 5 nitrogen and oxygen atoms in total. The normalized spacial score (nSPS) is 11.6. The Morgan fingerprint density at radius 3 is 1.48 bits per heavy atom. The summed E-state index contributed by atoms with van der Waals surface area (Å²) < 4.78 is 4.76. The van der Waals surface area contributed by atoms with Crippen LogP contribution in [0.15, 0.2) is 152 Å². The number of hydrogen-bond donors (Lipinski definition) is 0. The van der Waals surface area contributed by atoms with Gasteiger partial charge in [0.05, 0.1) is 27.6 Å². The lowest BCUT2D eigenvalue weighted by molar-refractivity contribution is 1.15. The van der Waals surface area contributed by atoms with Crippen LogP contribution < -0.4 is 0 Å². The van der Waals surface area contributed by atoms with Gasteiger partial charge in [0.25, 0.3) is 0 Å². The molecular formula is C39H25N5. The van der Waals surface area contributed by atoms with Crippen LogP contribution in [0.2, 0.25) is 0 Å². The van der Waals surface area contributed by atoms with E-state index in [2.05, 4.69) is 128 Å². The van der Waals surface area contributed by atoms with Gasteiger partial charge >= 0.3 is 0 Å². The van der Waals surface area contributed by atoms with Gasteiger partial charge in [0.2, 0.25) is 0 Å². The number of fused-ring (bicyclic) bond motifs is 7. The fourth-order valence-electron chi connectivity index (χ4n) is 6.54. The molecule has 5 heteroatoms. The highest BCUT2D eigenvalue weighted by Crippen LogP contribution is 2.40. The van der Waals surface area contributed by atoms with Crippen LogP contribution in [0.4, 0.5) is 0 Å². The molecule has 0 radical (unpaired) electrons. The average molecular weight is 564 g/mol. The Morgan fingerprint density at radius 1 is 0.386 bits per heavy atom. The fraction of sp³-hybridized carbons (Fsp3) is 0. The lowest BCUT2D eigenvalue weighted by Crippen LogP contribution is -1.99. The third-order valence-electron chi connectivity index (χ3n) is 8.55. The van der Waals surface area contributed by atoms with E-state index in [1.54, 1.807) is 12.4 Å². The lowest BCUT2D eigenvalue weighted by atomic mass is 10.1. The molecule has 5 aromatic heterocycles. The van der Waals surface area contributed by atoms with Gasteiger partial charge in [-0.3, -0.25) is 15.0 Å². The molecule has 44 heavy (non-hydrogen) atoms. The molecule has 0 amide bonds. The topological polar surface area (TPSA) is 48.5 Å². The zero-order chi connectivity index (χ0) is 29.0. The smallest absolute Gasteiger partial charge is 0.0985 e. The zero-order valence-corrected chi connectivity index (χ0v) is 23.7. The van der Waals surface area contributed by atoms with Crippen molar-refractivity contribution in [1.82, 2.24) is 24.1 Å². The summed E-state index contributed by atoms with van der Waals surface area (Å²) in [6.45, 7) is 0. The maximum absolute atomic E-state index is 5.11. The fourth-order valence-corrected chi connectivity index (χ4v) is 6.54. The van der Waals surface area contributed by atoms with E-state index in [0.29, 0.717) is 0 Å². The Labute approximate surface area is 253 Å². The second-order valence-electron chi connectivity index (χ2n) is 11.0. The molecule has 0 fully saturated rings. The lowest BCUT2D eigenvalue weighted by Gasteiger charge is -2.13. The molecule has 0 aliphatic rings. The Morgan fingerprint density at radius 2 is 0.909 bits per heavy atom. The van der Waals surface area contributed by atoms with Gasteiger partial charge in [-0.05, 0) is 70.8 Å². The minimum absolute atomic E-state index is 0.987. The van der Waals surface area contributed by atoms with Crippen LogP contribution in [0.25, 0.3) is 77.4 Å². The van der Waals surface area contributed by atoms with E-state index in [1.807, 2.05) is 30.7 Å². The molecule has 0 aliphatic carbocycles. The van der Waals surface area contributed by atoms with Gasteiger partial charge in [-0.25, -0.2) is 0 Å². The van der Waals surface area contributed by atoms with Crippen LogP contribution in [0.5, 0.6) is 0 Å². The maximum Gasteiger partial charge on any atom is 0.0985 e. The first-order chi connectivity index (χ1) is 21.8. The highest BCUT2D eigenvalue weighted by Gasteiger charge is 2.22. The van der Waals surface area contributed by atoms with Gasteiger partial charge in [-0.15, -0.1) is 0 Å². The van der Waals surface area contributed by atoms with Gasteiger partial charge in [0.15, 0.2) is 0 Å². The first kappa shape index (κ1) is 24.5. The number of rotatable bonds is 4. The summed E-state index contributed by atoms with van der Waals surface area (Å²) >= 11 is 0. The summed E-state index contributed by atoms with van der Waals surface area (Å²) in [7, 11) is 0. The second kappa shape index (κ2) is 9.75. The van der Waals surface area contributed by atoms with Crippen molar-refractivity contribution in [3.63, 3.8) is 0 Å². The third-order valence-corrected chi connectivity index (χ3v) is 8.55. The van der Waals surface area contributed by atoms with Crippen molar-refractivity contribution < 1.29 is 0 Å². The quantitative estimate of drug-likeness (QED) is 0.214. The van der Waals surface area contributed by atoms with E-state index in [9.17, 15) is 0 Å². The number of hydrogen-bond acceptors (Lipinski definition) is 3. The molecule has 206 valence electrons. The van der Waals surface area contributed by atoms with Crippen molar-refractivity contribution in [2.45, 2.75) is 0 Å². The standard InChI is InChI=1S/C39H25N5/c1-3-11-35-32(9-1)34-25-42-37-33-10-2-4-12-36(33)44(31-19-15-27(16-20-31)29-8-6-22-41-24-29)39(37)38(34)43(35)30-17-13-26(14-18-30)28-7-5-21-40-23-28/h1-25H. The molecule has 9 aromatic rings. The number of benzene rings is 4. The molecule has 0 spiro atoms. The monoisotopic (exact) mass is 563 g/mol. The van der Waals surface area contributed by atoms with E-state index in [1.165, 1.54) is 5.39 Å². The van der Waals surface area contributed by atoms with Gasteiger partial charge in [-0.1, -0.05) is 72.8 Å². The summed E-state index contributed by atoms with van der Waals surface area (Å²) in [4.78, 5) is 13.7. The van der Waals surface area contributed by atoms with Gasteiger partial charge in [0, 0.05) is 58.5 Å². The SMILES string of the molecule is c1cncc(-c2ccc(-n3c4ccccc4c4cnc5c6ccccc6n(-c6ccc(-c7cccnc7)cc6)c5c43)cc2)c1. The first-order valence-electron chi connectivity index (χ1n) is 14.7. The van der Waals surface area contributed by atoms with E-state index < -0.39 is 0 Å². The number of nitrogens with zero attached hydrogens (tertiary/aromatic N) is 5. The van der Waals surface area contributed by atoms with Gasteiger partial charge in [-0.2, -0.15) is 0 Å². The highest BCUT2D eigenvalue weighted by atomic mass is 15.1. The van der Waals surface area contributed by atoms with Crippen molar-refractivity contribution >= 4 is 43.7 Å². The van der Waals surface area contributed by atoms with E-state index in [-0.39, 0.29) is 0 Å². The third kappa shape index (κ3) is 3.69. The Hall–Kier alpha value is -6.07. The summed E-state index contributed by atoms with van der Waals surface area (Å²) in [5.41, 5.74) is 12.1. The van der Waals surface area contributed by atoms with Crippen LogP contribution in [-0.4, -0.2) is 24.1 Å². The molecule has 9 rings (SSSR count). The van der Waals surface area contributed by atoms with Crippen molar-refractivity contribution in [3.8, 4) is 33.6 Å². The van der Waals surface area contributed by atoms with Crippen molar-refractivity contribution in [3.05, 3.63) is 152 Å². The molecule has 0 unspecified atom stereocenters. The summed E-state index contributed by atoms with van der Waals surface area (Å²) in [6.07, 6.45) is 9.47. The zero-order valence-electron chi connectivity index (χ0n) is 23.7. The summed E-state index contributed by atoms with van der Waals surface area (Å²) in [5, 5.41) is 3.43. The van der Waals surface area contributed by atoms with Crippen molar-refractivity contribution in [2.75, 3.05) is 0 Å². The largest absolute Gasteiger partial charge is 0.307 e. The maximum atomic E-state index is 5.11. The molecule has 0 saturated carbocycles. The molecule has 0 saturated heterocycles. The summed E-state index contributed by atoms with van der Waals surface area (Å²) in [6, 6.07) is 42.8. The average Bonchev–Trinajstić information content (AvgIpc) is 3.62. The van der Waals surface area contributed by atoms with E-state index >= 15 is 0 Å². The van der Waals surface area contributed by atoms with Crippen LogP contribution in [0, 0.1) is 0 Å². The molecule has 5 heterocycles. The van der Waals surface area contributed by atoms with Crippen LogP contribution >= 0.6 is 0 Å². The predicted octanol–water partition coefficient (Wildman–Crippen LogP) is 9.40. The number of pyridine rings is 3. The van der Waals surface area contributed by atoms with E-state index in [4.69, 9.17) is 4.98 Å². The Balaban J connectivity index is 1.35. The van der Waals surface area contributed by atoms with Gasteiger partial charge in [0.1, 0.15) is 0 Å². The Kier molecular flexibility index (Phi) is 5.43. The Bertz CT molecular complexity index is 2280. The minimum atomic E-state index is 0.987. The second-order valence-corrected chi connectivity index (χ2v) is 11.0.